The van der Waals surface area contributed by atoms with E-state index in [1.54, 1.807) is 13.1 Å². The first kappa shape index (κ1) is 13.5. The zero-order valence-corrected chi connectivity index (χ0v) is 10.2. The highest BCUT2D eigenvalue weighted by Gasteiger charge is 2.30. The number of hydrogen-bond donors (Lipinski definition) is 2. The van der Waals surface area contributed by atoms with E-state index < -0.39 is 11.7 Å². The van der Waals surface area contributed by atoms with Gasteiger partial charge in [0.1, 0.15) is 12.2 Å². The average molecular weight is 270 g/mol. The van der Waals surface area contributed by atoms with E-state index in [1.165, 1.54) is 12.4 Å². The zero-order chi connectivity index (χ0) is 13.9. The van der Waals surface area contributed by atoms with E-state index in [-0.39, 0.29) is 6.04 Å². The lowest BCUT2D eigenvalue weighted by atomic mass is 10.0. The number of nitrogens with zero attached hydrogens (tertiary/aromatic N) is 2. The van der Waals surface area contributed by atoms with Crippen LogP contribution < -0.4 is 5.32 Å². The smallest absolute Gasteiger partial charge is 0.310 e. The second-order valence-corrected chi connectivity index (χ2v) is 4.11. The molecule has 0 fully saturated rings. The Kier molecular flexibility index (Phi) is 3.84. The van der Waals surface area contributed by atoms with E-state index in [0.29, 0.717) is 17.8 Å². The second kappa shape index (κ2) is 5.40. The fourth-order valence-corrected chi connectivity index (χ4v) is 1.83. The van der Waals surface area contributed by atoms with Crippen molar-refractivity contribution in [2.75, 3.05) is 7.05 Å². The molecule has 2 N–H and O–H groups in total. The second-order valence-electron chi connectivity index (χ2n) is 4.11. The SMILES string of the molecule is CNC(Cc1cccc(C(F)(F)F)c1)c1ncn[nH]1. The Hall–Kier alpha value is -1.89. The Bertz CT molecular complexity index is 522. The Balaban J connectivity index is 2.19. The standard InChI is InChI=1S/C12H13F3N4/c1-16-10(11-17-7-18-19-11)6-8-3-2-4-9(5-8)12(13,14)15/h2-5,7,10,16H,6H2,1H3,(H,17,18,19). The quantitative estimate of drug-likeness (QED) is 0.896. The van der Waals surface area contributed by atoms with Crippen LogP contribution in [0.4, 0.5) is 13.2 Å². The first-order valence-corrected chi connectivity index (χ1v) is 5.69. The number of aromatic nitrogens is 3. The van der Waals surface area contributed by atoms with Gasteiger partial charge in [0.05, 0.1) is 11.6 Å². The molecule has 1 heterocycles. The van der Waals surface area contributed by atoms with Crippen molar-refractivity contribution >= 4 is 0 Å². The van der Waals surface area contributed by atoms with Gasteiger partial charge in [0.2, 0.25) is 0 Å². The van der Waals surface area contributed by atoms with Gasteiger partial charge in [0, 0.05) is 0 Å². The maximum absolute atomic E-state index is 12.6. The monoisotopic (exact) mass is 270 g/mol. The van der Waals surface area contributed by atoms with Crippen LogP contribution >= 0.6 is 0 Å². The molecular weight excluding hydrogens is 257 g/mol. The molecule has 1 aromatic heterocycles. The van der Waals surface area contributed by atoms with E-state index in [0.717, 1.165) is 12.1 Å². The molecule has 1 aromatic carbocycles. The first-order valence-electron chi connectivity index (χ1n) is 5.69. The van der Waals surface area contributed by atoms with E-state index in [2.05, 4.69) is 20.5 Å². The van der Waals surface area contributed by atoms with Crippen molar-refractivity contribution in [1.29, 1.82) is 0 Å². The van der Waals surface area contributed by atoms with E-state index in [4.69, 9.17) is 0 Å². The van der Waals surface area contributed by atoms with Crippen LogP contribution in [0, 0.1) is 0 Å². The van der Waals surface area contributed by atoms with Crippen molar-refractivity contribution in [3.63, 3.8) is 0 Å². The number of likely N-dealkylation sites (N-methyl/N-ethyl adjacent to an activating group) is 1. The lowest BCUT2D eigenvalue weighted by molar-refractivity contribution is -0.137. The van der Waals surface area contributed by atoms with Crippen LogP contribution in [0.1, 0.15) is 23.0 Å². The number of benzene rings is 1. The van der Waals surface area contributed by atoms with Gasteiger partial charge in [-0.1, -0.05) is 18.2 Å². The van der Waals surface area contributed by atoms with Crippen molar-refractivity contribution in [2.45, 2.75) is 18.6 Å². The van der Waals surface area contributed by atoms with Gasteiger partial charge in [0.25, 0.3) is 0 Å². The van der Waals surface area contributed by atoms with E-state index >= 15 is 0 Å². The predicted octanol–water partition coefficient (Wildman–Crippen LogP) is 2.33. The summed E-state index contributed by atoms with van der Waals surface area (Å²) in [6, 6.07) is 5.08. The van der Waals surface area contributed by atoms with Crippen LogP contribution in [0.5, 0.6) is 0 Å². The summed E-state index contributed by atoms with van der Waals surface area (Å²) in [7, 11) is 1.72. The Morgan fingerprint density at radius 2 is 2.16 bits per heavy atom. The Labute approximate surface area is 108 Å². The molecule has 0 aliphatic heterocycles. The van der Waals surface area contributed by atoms with Gasteiger partial charge in [-0.3, -0.25) is 5.10 Å². The van der Waals surface area contributed by atoms with Crippen LogP contribution in [-0.4, -0.2) is 22.2 Å². The van der Waals surface area contributed by atoms with Gasteiger partial charge >= 0.3 is 6.18 Å². The van der Waals surface area contributed by atoms with Crippen molar-refractivity contribution in [2.24, 2.45) is 0 Å². The minimum absolute atomic E-state index is 0.203. The third-order valence-corrected chi connectivity index (χ3v) is 2.81. The number of aromatic amines is 1. The molecule has 102 valence electrons. The molecule has 1 unspecified atom stereocenters. The minimum Gasteiger partial charge on any atom is -0.310 e. The van der Waals surface area contributed by atoms with Gasteiger partial charge in [0.15, 0.2) is 0 Å². The molecule has 7 heteroatoms. The maximum Gasteiger partial charge on any atom is 0.416 e. The average Bonchev–Trinajstić information content (AvgIpc) is 2.89. The molecule has 1 atom stereocenters. The molecule has 2 rings (SSSR count). The third kappa shape index (κ3) is 3.31. The van der Waals surface area contributed by atoms with E-state index in [1.807, 2.05) is 0 Å². The zero-order valence-electron chi connectivity index (χ0n) is 10.2. The van der Waals surface area contributed by atoms with Gasteiger partial charge in [-0.15, -0.1) is 0 Å². The van der Waals surface area contributed by atoms with Crippen molar-refractivity contribution in [3.8, 4) is 0 Å². The number of halogens is 3. The van der Waals surface area contributed by atoms with Gasteiger partial charge in [-0.05, 0) is 25.1 Å². The fourth-order valence-electron chi connectivity index (χ4n) is 1.83. The summed E-state index contributed by atoms with van der Waals surface area (Å²) in [5, 5.41) is 9.44. The van der Waals surface area contributed by atoms with Crippen molar-refractivity contribution in [1.82, 2.24) is 20.5 Å². The number of alkyl halides is 3. The predicted molar refractivity (Wildman–Crippen MR) is 63.3 cm³/mol. The first-order chi connectivity index (χ1) is 9.00. The van der Waals surface area contributed by atoms with E-state index in [9.17, 15) is 13.2 Å². The largest absolute Gasteiger partial charge is 0.416 e. The third-order valence-electron chi connectivity index (χ3n) is 2.81. The summed E-state index contributed by atoms with van der Waals surface area (Å²) in [6.45, 7) is 0. The molecule has 0 radical (unpaired) electrons. The van der Waals surface area contributed by atoms with Crippen molar-refractivity contribution in [3.05, 3.63) is 47.5 Å². The van der Waals surface area contributed by atoms with Crippen LogP contribution in [0.3, 0.4) is 0 Å². The van der Waals surface area contributed by atoms with Crippen LogP contribution in [0.2, 0.25) is 0 Å². The number of hydrogen-bond acceptors (Lipinski definition) is 3. The normalized spacial score (nSPS) is 13.5. The molecule has 0 aliphatic rings. The molecule has 0 aliphatic carbocycles. The topological polar surface area (TPSA) is 53.6 Å². The molecule has 4 nitrogen and oxygen atoms in total. The van der Waals surface area contributed by atoms with Crippen molar-refractivity contribution < 1.29 is 13.2 Å². The van der Waals surface area contributed by atoms with Gasteiger partial charge in [-0.25, -0.2) is 4.98 Å². The van der Waals surface area contributed by atoms with Crippen LogP contribution in [-0.2, 0) is 12.6 Å². The minimum atomic E-state index is -4.32. The lowest BCUT2D eigenvalue weighted by Crippen LogP contribution is -2.20. The van der Waals surface area contributed by atoms with Crippen LogP contribution in [0.15, 0.2) is 30.6 Å². The van der Waals surface area contributed by atoms with Crippen LogP contribution in [0.25, 0.3) is 0 Å². The Morgan fingerprint density at radius 1 is 1.37 bits per heavy atom. The van der Waals surface area contributed by atoms with Gasteiger partial charge < -0.3 is 5.32 Å². The molecule has 0 spiro atoms. The molecule has 0 bridgehead atoms. The highest BCUT2D eigenvalue weighted by Crippen LogP contribution is 2.30. The molecule has 0 amide bonds. The summed E-state index contributed by atoms with van der Waals surface area (Å²) >= 11 is 0. The molecular formula is C12H13F3N4. The summed E-state index contributed by atoms with van der Waals surface area (Å²) < 4.78 is 37.8. The van der Waals surface area contributed by atoms with Gasteiger partial charge in [-0.2, -0.15) is 18.3 Å². The Morgan fingerprint density at radius 3 is 2.74 bits per heavy atom. The molecule has 19 heavy (non-hydrogen) atoms. The lowest BCUT2D eigenvalue weighted by Gasteiger charge is -2.14. The number of nitrogens with one attached hydrogen (secondary N) is 2. The summed E-state index contributed by atoms with van der Waals surface area (Å²) in [4.78, 5) is 4.00. The molecule has 0 saturated carbocycles. The summed E-state index contributed by atoms with van der Waals surface area (Å²) in [5.74, 6) is 0.597. The number of H-pyrrole nitrogens is 1. The summed E-state index contributed by atoms with van der Waals surface area (Å²) in [6.07, 6.45) is -2.56. The highest BCUT2D eigenvalue weighted by atomic mass is 19.4. The summed E-state index contributed by atoms with van der Waals surface area (Å²) in [5.41, 5.74) is -0.0528. The molecule has 2 aromatic rings. The highest BCUT2D eigenvalue weighted by molar-refractivity contribution is 5.26. The number of rotatable bonds is 4. The molecule has 0 saturated heterocycles. The fraction of sp³-hybridized carbons (Fsp3) is 0.333. The maximum atomic E-state index is 12.6.